The molecule has 6 heteroatoms. The molecule has 0 bridgehead atoms. The molecule has 0 aromatic heterocycles. The van der Waals surface area contributed by atoms with Crippen LogP contribution in [0.25, 0.3) is 0 Å². The Bertz CT molecular complexity index is 574. The number of likely N-dealkylation sites (N-methyl/N-ethyl adjacent to an activating group) is 1. The molecule has 0 aliphatic heterocycles. The van der Waals surface area contributed by atoms with E-state index in [1.54, 1.807) is 38.8 Å². The number of nitrogens with zero attached hydrogens (tertiary/aromatic N) is 2. The Kier molecular flexibility index (Phi) is 5.39. The highest BCUT2D eigenvalue weighted by Gasteiger charge is 2.18. The van der Waals surface area contributed by atoms with Crippen LogP contribution in [0.3, 0.4) is 0 Å². The molecule has 0 fully saturated rings. The standard InChI is InChI=1S/C15H18F2N2O2/c1-15(2,3)21-13(20)9-19(4)8-10-5-11(7-18)14(17)12(16)6-10/h5-6H,8-9H2,1-4H3. The fourth-order valence-electron chi connectivity index (χ4n) is 1.78. The molecular formula is C15H18F2N2O2. The van der Waals surface area contributed by atoms with Gasteiger partial charge in [-0.3, -0.25) is 9.69 Å². The van der Waals surface area contributed by atoms with Crippen LogP contribution < -0.4 is 0 Å². The van der Waals surface area contributed by atoms with Gasteiger partial charge in [0.15, 0.2) is 11.6 Å². The first-order chi connectivity index (χ1) is 9.62. The number of halogens is 2. The number of nitriles is 1. The second-order valence-corrected chi connectivity index (χ2v) is 5.81. The zero-order valence-corrected chi connectivity index (χ0v) is 12.5. The fraction of sp³-hybridized carbons (Fsp3) is 0.467. The molecule has 0 N–H and O–H groups in total. The van der Waals surface area contributed by atoms with E-state index in [0.29, 0.717) is 5.56 Å². The summed E-state index contributed by atoms with van der Waals surface area (Å²) >= 11 is 0. The van der Waals surface area contributed by atoms with E-state index < -0.39 is 23.2 Å². The lowest BCUT2D eigenvalue weighted by atomic mass is 10.1. The van der Waals surface area contributed by atoms with Crippen LogP contribution in [0.4, 0.5) is 8.78 Å². The van der Waals surface area contributed by atoms with Crippen LogP contribution in [0, 0.1) is 23.0 Å². The minimum absolute atomic E-state index is 0.0121. The van der Waals surface area contributed by atoms with Crippen molar-refractivity contribution in [1.29, 1.82) is 5.26 Å². The Morgan fingerprint density at radius 2 is 2.00 bits per heavy atom. The molecule has 1 rings (SSSR count). The first-order valence-corrected chi connectivity index (χ1v) is 6.41. The van der Waals surface area contributed by atoms with Gasteiger partial charge in [0.05, 0.1) is 12.1 Å². The second-order valence-electron chi connectivity index (χ2n) is 5.81. The average Bonchev–Trinajstić information content (AvgIpc) is 2.30. The van der Waals surface area contributed by atoms with Crippen LogP contribution in [-0.2, 0) is 16.1 Å². The lowest BCUT2D eigenvalue weighted by Crippen LogP contribution is -2.32. The molecule has 0 radical (unpaired) electrons. The van der Waals surface area contributed by atoms with Gasteiger partial charge in [0, 0.05) is 6.54 Å². The number of esters is 1. The maximum absolute atomic E-state index is 13.3. The van der Waals surface area contributed by atoms with E-state index in [0.717, 1.165) is 6.07 Å². The van der Waals surface area contributed by atoms with Crippen molar-refractivity contribution in [2.45, 2.75) is 32.9 Å². The molecule has 4 nitrogen and oxygen atoms in total. The Balaban J connectivity index is 2.72. The van der Waals surface area contributed by atoms with E-state index in [1.165, 1.54) is 6.07 Å². The van der Waals surface area contributed by atoms with E-state index in [9.17, 15) is 13.6 Å². The largest absolute Gasteiger partial charge is 0.459 e. The topological polar surface area (TPSA) is 53.3 Å². The number of carbonyl (C=O) groups excluding carboxylic acids is 1. The van der Waals surface area contributed by atoms with Crippen LogP contribution >= 0.6 is 0 Å². The van der Waals surface area contributed by atoms with Gasteiger partial charge in [0.1, 0.15) is 11.7 Å². The van der Waals surface area contributed by atoms with Crippen LogP contribution in [0.2, 0.25) is 0 Å². The zero-order chi connectivity index (χ0) is 16.2. The summed E-state index contributed by atoms with van der Waals surface area (Å²) in [7, 11) is 1.65. The third-order valence-electron chi connectivity index (χ3n) is 2.48. The highest BCUT2D eigenvalue weighted by molar-refractivity contribution is 5.72. The Labute approximate surface area is 122 Å². The molecular weight excluding hydrogens is 278 g/mol. The lowest BCUT2D eigenvalue weighted by Gasteiger charge is -2.22. The number of hydrogen-bond donors (Lipinski definition) is 0. The first kappa shape index (κ1) is 17.1. The van der Waals surface area contributed by atoms with E-state index in [1.807, 2.05) is 0 Å². The van der Waals surface area contributed by atoms with Crippen molar-refractivity contribution in [2.75, 3.05) is 13.6 Å². The summed E-state index contributed by atoms with van der Waals surface area (Å²) in [5.41, 5.74) is -0.513. The van der Waals surface area contributed by atoms with Gasteiger partial charge >= 0.3 is 5.97 Å². The maximum atomic E-state index is 13.3. The molecule has 0 spiro atoms. The van der Waals surface area contributed by atoms with Gasteiger partial charge in [0.2, 0.25) is 0 Å². The minimum Gasteiger partial charge on any atom is -0.459 e. The van der Waals surface area contributed by atoms with Gasteiger partial charge in [-0.1, -0.05) is 0 Å². The molecule has 0 saturated heterocycles. The van der Waals surface area contributed by atoms with Crippen LogP contribution in [0.15, 0.2) is 12.1 Å². The van der Waals surface area contributed by atoms with E-state index in [2.05, 4.69) is 0 Å². The molecule has 0 atom stereocenters. The molecule has 114 valence electrons. The molecule has 0 saturated carbocycles. The van der Waals surface area contributed by atoms with Gasteiger partial charge in [-0.2, -0.15) is 5.26 Å². The van der Waals surface area contributed by atoms with Gasteiger partial charge in [-0.05, 0) is 45.5 Å². The van der Waals surface area contributed by atoms with Crippen molar-refractivity contribution in [3.05, 3.63) is 34.9 Å². The van der Waals surface area contributed by atoms with E-state index in [4.69, 9.17) is 10.00 Å². The smallest absolute Gasteiger partial charge is 0.320 e. The maximum Gasteiger partial charge on any atom is 0.320 e. The summed E-state index contributed by atoms with van der Waals surface area (Å²) in [5, 5.41) is 8.73. The van der Waals surface area contributed by atoms with Crippen molar-refractivity contribution >= 4 is 5.97 Å². The van der Waals surface area contributed by atoms with Gasteiger partial charge in [0.25, 0.3) is 0 Å². The van der Waals surface area contributed by atoms with Gasteiger partial charge in [-0.15, -0.1) is 0 Å². The molecule has 1 aromatic carbocycles. The average molecular weight is 296 g/mol. The molecule has 0 aliphatic carbocycles. The monoisotopic (exact) mass is 296 g/mol. The van der Waals surface area contributed by atoms with Gasteiger partial charge < -0.3 is 4.74 Å². The molecule has 1 aromatic rings. The summed E-state index contributed by atoms with van der Waals surface area (Å²) in [4.78, 5) is 13.3. The van der Waals surface area contributed by atoms with E-state index >= 15 is 0 Å². The zero-order valence-electron chi connectivity index (χ0n) is 12.5. The van der Waals surface area contributed by atoms with Crippen molar-refractivity contribution in [3.8, 4) is 6.07 Å². The molecule has 0 unspecified atom stereocenters. The second kappa shape index (κ2) is 6.64. The van der Waals surface area contributed by atoms with Crippen molar-refractivity contribution in [2.24, 2.45) is 0 Å². The van der Waals surface area contributed by atoms with Crippen LogP contribution in [0.1, 0.15) is 31.9 Å². The molecule has 0 heterocycles. The van der Waals surface area contributed by atoms with Crippen molar-refractivity contribution in [1.82, 2.24) is 4.90 Å². The minimum atomic E-state index is -1.16. The number of ether oxygens (including phenoxy) is 1. The van der Waals surface area contributed by atoms with Crippen LogP contribution in [-0.4, -0.2) is 30.1 Å². The lowest BCUT2D eigenvalue weighted by molar-refractivity contribution is -0.155. The third-order valence-corrected chi connectivity index (χ3v) is 2.48. The van der Waals surface area contributed by atoms with Gasteiger partial charge in [-0.25, -0.2) is 8.78 Å². The van der Waals surface area contributed by atoms with Crippen LogP contribution in [0.5, 0.6) is 0 Å². The third kappa shape index (κ3) is 5.48. The molecule has 21 heavy (non-hydrogen) atoms. The molecule has 0 amide bonds. The fourth-order valence-corrected chi connectivity index (χ4v) is 1.78. The summed E-state index contributed by atoms with van der Waals surface area (Å²) in [6.45, 7) is 5.50. The quantitative estimate of drug-likeness (QED) is 0.801. The number of rotatable bonds is 4. The number of benzene rings is 1. The normalized spacial score (nSPS) is 11.3. The number of hydrogen-bond acceptors (Lipinski definition) is 4. The SMILES string of the molecule is CN(CC(=O)OC(C)(C)C)Cc1cc(F)c(F)c(C#N)c1. The molecule has 0 aliphatic rings. The first-order valence-electron chi connectivity index (χ1n) is 6.41. The van der Waals surface area contributed by atoms with Crippen molar-refractivity contribution in [3.63, 3.8) is 0 Å². The number of carbonyl (C=O) groups is 1. The Hall–Kier alpha value is -2.00. The van der Waals surface area contributed by atoms with Crippen molar-refractivity contribution < 1.29 is 18.3 Å². The van der Waals surface area contributed by atoms with E-state index in [-0.39, 0.29) is 18.7 Å². The summed E-state index contributed by atoms with van der Waals surface area (Å²) in [5.74, 6) is -2.64. The predicted octanol–water partition coefficient (Wildman–Crippen LogP) is 2.61. The highest BCUT2D eigenvalue weighted by atomic mass is 19.2. The summed E-state index contributed by atoms with van der Waals surface area (Å²) in [6, 6.07) is 3.88. The predicted molar refractivity (Wildman–Crippen MR) is 73.3 cm³/mol. The summed E-state index contributed by atoms with van der Waals surface area (Å²) in [6.07, 6.45) is 0. The Morgan fingerprint density at radius 1 is 1.38 bits per heavy atom. The highest BCUT2D eigenvalue weighted by Crippen LogP contribution is 2.16. The summed E-state index contributed by atoms with van der Waals surface area (Å²) < 4.78 is 31.7. The Morgan fingerprint density at radius 3 is 2.52 bits per heavy atom.